The molecule has 1 amide bonds. The number of benzene rings is 1. The fourth-order valence-electron chi connectivity index (χ4n) is 3.83. The van der Waals surface area contributed by atoms with Crippen molar-refractivity contribution in [1.82, 2.24) is 19.8 Å². The number of nitrogens with zero attached hydrogens (tertiary/aromatic N) is 3. The molecular formula is C20H29Cl2F3N4O. The van der Waals surface area contributed by atoms with Crippen LogP contribution in [-0.2, 0) is 6.18 Å². The van der Waals surface area contributed by atoms with Crippen LogP contribution in [0.4, 0.5) is 13.2 Å². The number of carbonyl (C=O) groups excluding carboxylic acids is 1. The van der Waals surface area contributed by atoms with Crippen molar-refractivity contribution in [3.8, 4) is 0 Å². The van der Waals surface area contributed by atoms with E-state index in [2.05, 4.69) is 17.2 Å². The van der Waals surface area contributed by atoms with Gasteiger partial charge in [-0.05, 0) is 63.9 Å². The van der Waals surface area contributed by atoms with Gasteiger partial charge in [0.05, 0.1) is 11.0 Å². The molecule has 0 saturated carbocycles. The van der Waals surface area contributed by atoms with Gasteiger partial charge in [-0.2, -0.15) is 13.2 Å². The zero-order valence-electron chi connectivity index (χ0n) is 17.3. The Morgan fingerprint density at radius 1 is 1.23 bits per heavy atom. The summed E-state index contributed by atoms with van der Waals surface area (Å²) >= 11 is 0. The summed E-state index contributed by atoms with van der Waals surface area (Å²) in [7, 11) is 0. The number of imidazole rings is 1. The molecule has 170 valence electrons. The van der Waals surface area contributed by atoms with Crippen molar-refractivity contribution in [1.29, 1.82) is 0 Å². The Morgan fingerprint density at radius 3 is 2.40 bits per heavy atom. The topological polar surface area (TPSA) is 50.2 Å². The number of hydrogen-bond donors (Lipinski definition) is 1. The van der Waals surface area contributed by atoms with Crippen LogP contribution in [0, 0.1) is 5.92 Å². The third-order valence-corrected chi connectivity index (χ3v) is 5.29. The van der Waals surface area contributed by atoms with Gasteiger partial charge in [-0.25, -0.2) is 4.98 Å². The second-order valence-electron chi connectivity index (χ2n) is 7.64. The second-order valence-corrected chi connectivity index (χ2v) is 7.64. The molecule has 1 aliphatic rings. The number of piperidine rings is 1. The fraction of sp³-hybridized carbons (Fsp3) is 0.600. The smallest absolute Gasteiger partial charge is 0.339 e. The van der Waals surface area contributed by atoms with Gasteiger partial charge in [-0.3, -0.25) is 4.79 Å². The van der Waals surface area contributed by atoms with Crippen LogP contribution in [0.25, 0.3) is 11.0 Å². The largest absolute Gasteiger partial charge is 0.449 e. The molecule has 3 rings (SSSR count). The average molecular weight is 469 g/mol. The molecular weight excluding hydrogens is 440 g/mol. The summed E-state index contributed by atoms with van der Waals surface area (Å²) in [6.07, 6.45) is -2.68. The molecule has 5 nitrogen and oxygen atoms in total. The molecule has 0 radical (unpaired) electrons. The van der Waals surface area contributed by atoms with Crippen molar-refractivity contribution < 1.29 is 18.0 Å². The maximum absolute atomic E-state index is 13.4. The minimum Gasteiger partial charge on any atom is -0.339 e. The number of hydrogen-bond acceptors (Lipinski definition) is 3. The van der Waals surface area contributed by atoms with Gasteiger partial charge in [0.15, 0.2) is 0 Å². The molecule has 1 aliphatic heterocycles. The van der Waals surface area contributed by atoms with E-state index in [9.17, 15) is 18.0 Å². The number of halogens is 5. The van der Waals surface area contributed by atoms with Crippen LogP contribution >= 0.6 is 24.8 Å². The van der Waals surface area contributed by atoms with Crippen molar-refractivity contribution in [2.45, 2.75) is 45.8 Å². The highest BCUT2D eigenvalue weighted by Crippen LogP contribution is 2.34. The zero-order valence-corrected chi connectivity index (χ0v) is 19.0. The van der Waals surface area contributed by atoms with Crippen molar-refractivity contribution >= 4 is 41.8 Å². The van der Waals surface area contributed by atoms with Gasteiger partial charge in [-0.1, -0.05) is 6.92 Å². The van der Waals surface area contributed by atoms with Crippen LogP contribution in [0.3, 0.4) is 0 Å². The number of aromatic nitrogens is 2. The Morgan fingerprint density at radius 2 is 1.87 bits per heavy atom. The first-order valence-electron chi connectivity index (χ1n) is 9.81. The lowest BCUT2D eigenvalue weighted by Crippen LogP contribution is -2.40. The molecule has 1 aromatic carbocycles. The van der Waals surface area contributed by atoms with E-state index in [-0.39, 0.29) is 42.3 Å². The van der Waals surface area contributed by atoms with E-state index in [0.29, 0.717) is 30.1 Å². The van der Waals surface area contributed by atoms with E-state index in [0.717, 1.165) is 25.9 Å². The maximum Gasteiger partial charge on any atom is 0.449 e. The van der Waals surface area contributed by atoms with Gasteiger partial charge in [0.2, 0.25) is 5.82 Å². The summed E-state index contributed by atoms with van der Waals surface area (Å²) < 4.78 is 41.3. The molecule has 2 aromatic rings. The standard InChI is InChI=1S/C20H27F3N4O.2ClH/c1-4-24-12-14-7-9-26(10-8-14)18(28)15-5-6-17-16(11-15)25-19(20(21,22)23)27(17)13(2)3;;/h5-6,11,13-14,24H,4,7-10,12H2,1-3H3;2*1H. The first-order valence-corrected chi connectivity index (χ1v) is 9.81. The molecule has 1 fully saturated rings. The van der Waals surface area contributed by atoms with Gasteiger partial charge in [0, 0.05) is 24.7 Å². The van der Waals surface area contributed by atoms with E-state index >= 15 is 0 Å². The van der Waals surface area contributed by atoms with Crippen molar-refractivity contribution in [2.75, 3.05) is 26.2 Å². The second kappa shape index (κ2) is 10.7. The molecule has 1 N–H and O–H groups in total. The van der Waals surface area contributed by atoms with Crippen LogP contribution in [0.15, 0.2) is 18.2 Å². The number of likely N-dealkylation sites (tertiary alicyclic amines) is 1. The van der Waals surface area contributed by atoms with Crippen molar-refractivity contribution in [3.05, 3.63) is 29.6 Å². The molecule has 10 heteroatoms. The van der Waals surface area contributed by atoms with Crippen LogP contribution in [-0.4, -0.2) is 46.5 Å². The predicted molar refractivity (Wildman–Crippen MR) is 117 cm³/mol. The zero-order chi connectivity index (χ0) is 20.5. The highest BCUT2D eigenvalue weighted by atomic mass is 35.5. The first-order chi connectivity index (χ1) is 13.2. The number of nitrogens with one attached hydrogen (secondary N) is 1. The van der Waals surface area contributed by atoms with Crippen molar-refractivity contribution in [2.24, 2.45) is 5.92 Å². The van der Waals surface area contributed by atoms with Crippen LogP contribution in [0.1, 0.15) is 55.8 Å². The Hall–Kier alpha value is -1.51. The van der Waals surface area contributed by atoms with Crippen LogP contribution in [0.5, 0.6) is 0 Å². The molecule has 0 aliphatic carbocycles. The minimum atomic E-state index is -4.54. The summed E-state index contributed by atoms with van der Waals surface area (Å²) in [5.74, 6) is -0.509. The molecule has 1 saturated heterocycles. The fourth-order valence-corrected chi connectivity index (χ4v) is 3.83. The normalized spacial score (nSPS) is 15.2. The summed E-state index contributed by atoms with van der Waals surface area (Å²) in [6.45, 7) is 8.67. The molecule has 0 atom stereocenters. The molecule has 2 heterocycles. The number of carbonyl (C=O) groups is 1. The highest BCUT2D eigenvalue weighted by molar-refractivity contribution is 5.97. The van der Waals surface area contributed by atoms with Crippen LogP contribution in [0.2, 0.25) is 0 Å². The SMILES string of the molecule is CCNCC1CCN(C(=O)c2ccc3c(c2)nc(C(F)(F)F)n3C(C)C)CC1.Cl.Cl. The minimum absolute atomic E-state index is 0. The number of rotatable bonds is 5. The summed E-state index contributed by atoms with van der Waals surface area (Å²) in [5, 5.41) is 3.34. The maximum atomic E-state index is 13.4. The predicted octanol–water partition coefficient (Wildman–Crippen LogP) is 4.94. The lowest BCUT2D eigenvalue weighted by Gasteiger charge is -2.32. The van der Waals surface area contributed by atoms with Gasteiger partial charge in [0.25, 0.3) is 5.91 Å². The van der Waals surface area contributed by atoms with Crippen molar-refractivity contribution in [3.63, 3.8) is 0 Å². The van der Waals surface area contributed by atoms with Gasteiger partial charge in [0.1, 0.15) is 0 Å². The summed E-state index contributed by atoms with van der Waals surface area (Å²) in [4.78, 5) is 18.4. The van der Waals surface area contributed by atoms with E-state index in [1.807, 2.05) is 0 Å². The number of amides is 1. The highest BCUT2D eigenvalue weighted by Gasteiger charge is 2.38. The van der Waals surface area contributed by atoms with E-state index in [1.54, 1.807) is 30.9 Å². The Bertz CT molecular complexity index is 846. The Balaban J connectivity index is 0.00000225. The Labute approximate surface area is 187 Å². The monoisotopic (exact) mass is 468 g/mol. The number of fused-ring (bicyclic) bond motifs is 1. The molecule has 0 unspecified atom stereocenters. The van der Waals surface area contributed by atoms with Gasteiger partial charge < -0.3 is 14.8 Å². The van der Waals surface area contributed by atoms with Gasteiger partial charge in [-0.15, -0.1) is 24.8 Å². The third kappa shape index (κ3) is 5.59. The quantitative estimate of drug-likeness (QED) is 0.675. The molecule has 0 spiro atoms. The molecule has 0 bridgehead atoms. The van der Waals surface area contributed by atoms with E-state index < -0.39 is 12.0 Å². The van der Waals surface area contributed by atoms with Gasteiger partial charge >= 0.3 is 6.18 Å². The molecule has 1 aromatic heterocycles. The summed E-state index contributed by atoms with van der Waals surface area (Å²) in [5.41, 5.74) is 0.983. The van der Waals surface area contributed by atoms with E-state index in [1.165, 1.54) is 10.6 Å². The lowest BCUT2D eigenvalue weighted by molar-refractivity contribution is -0.147. The molecule has 30 heavy (non-hydrogen) atoms. The average Bonchev–Trinajstić information content (AvgIpc) is 3.05. The number of alkyl halides is 3. The van der Waals surface area contributed by atoms with E-state index in [4.69, 9.17) is 0 Å². The van der Waals surface area contributed by atoms with Crippen LogP contribution < -0.4 is 5.32 Å². The lowest BCUT2D eigenvalue weighted by atomic mass is 9.96. The first kappa shape index (κ1) is 26.5. The Kier molecular flexibility index (Phi) is 9.45. The summed E-state index contributed by atoms with van der Waals surface area (Å²) in [6, 6.07) is 4.27. The third-order valence-electron chi connectivity index (χ3n) is 5.29.